The summed E-state index contributed by atoms with van der Waals surface area (Å²) in [5.74, 6) is 0. The fraction of sp³-hybridized carbons (Fsp3) is 0. The molecule has 1 aromatic heterocycles. The summed E-state index contributed by atoms with van der Waals surface area (Å²) in [4.78, 5) is 2.39. The molecular formula is C56H37NO. The molecule has 10 aromatic carbocycles. The third-order valence-electron chi connectivity index (χ3n) is 11.4. The van der Waals surface area contributed by atoms with Crippen LogP contribution in [0.1, 0.15) is 0 Å². The number of para-hydroxylation sites is 1. The second-order valence-electron chi connectivity index (χ2n) is 14.9. The Labute approximate surface area is 337 Å². The van der Waals surface area contributed by atoms with Crippen LogP contribution in [0, 0.1) is 0 Å². The van der Waals surface area contributed by atoms with Crippen molar-refractivity contribution in [3.8, 4) is 44.5 Å². The highest BCUT2D eigenvalue weighted by Crippen LogP contribution is 2.43. The van der Waals surface area contributed by atoms with Gasteiger partial charge in [-0.25, -0.2) is 0 Å². The molecule has 2 heteroatoms. The van der Waals surface area contributed by atoms with Crippen molar-refractivity contribution < 1.29 is 4.42 Å². The minimum absolute atomic E-state index is 0.914. The van der Waals surface area contributed by atoms with Crippen molar-refractivity contribution in [3.05, 3.63) is 224 Å². The molecule has 0 spiro atoms. The molecule has 0 aliphatic carbocycles. The van der Waals surface area contributed by atoms with Crippen LogP contribution in [-0.4, -0.2) is 0 Å². The molecule has 2 nitrogen and oxygen atoms in total. The van der Waals surface area contributed by atoms with Gasteiger partial charge < -0.3 is 9.32 Å². The monoisotopic (exact) mass is 739 g/mol. The second kappa shape index (κ2) is 14.1. The van der Waals surface area contributed by atoms with E-state index in [-0.39, 0.29) is 0 Å². The first-order valence-electron chi connectivity index (χ1n) is 19.8. The Bertz CT molecular complexity index is 3270. The lowest BCUT2D eigenvalue weighted by molar-refractivity contribution is 0.669. The normalized spacial score (nSPS) is 11.4. The Hall–Kier alpha value is -7.68. The van der Waals surface area contributed by atoms with Gasteiger partial charge in [0.1, 0.15) is 11.2 Å². The summed E-state index contributed by atoms with van der Waals surface area (Å²) in [5.41, 5.74) is 14.5. The maximum Gasteiger partial charge on any atom is 0.136 e. The van der Waals surface area contributed by atoms with Gasteiger partial charge in [-0.05, 0) is 127 Å². The summed E-state index contributed by atoms with van der Waals surface area (Å²) in [7, 11) is 0. The summed E-state index contributed by atoms with van der Waals surface area (Å²) < 4.78 is 6.23. The van der Waals surface area contributed by atoms with Crippen molar-refractivity contribution in [3.63, 3.8) is 0 Å². The van der Waals surface area contributed by atoms with Crippen molar-refractivity contribution >= 4 is 60.5 Å². The highest BCUT2D eigenvalue weighted by Gasteiger charge is 2.18. The maximum absolute atomic E-state index is 6.23. The Morgan fingerprint density at radius 1 is 0.276 bits per heavy atom. The van der Waals surface area contributed by atoms with E-state index in [4.69, 9.17) is 4.42 Å². The largest absolute Gasteiger partial charge is 0.456 e. The van der Waals surface area contributed by atoms with Crippen LogP contribution in [0.2, 0.25) is 0 Å². The molecule has 1 heterocycles. The zero-order chi connectivity index (χ0) is 38.4. The standard InChI is InChI=1S/C56H37NO/c1-3-12-38(13-4-1)40-24-28-47(29-25-40)57(48-19-11-18-43(36-48)44-23-22-39-14-7-8-17-42(39)34-44)49-30-32-50(53(37-49)41-15-5-2-6-16-41)45-26-31-51-46(35-45)27-33-55-56(51)52-20-9-10-21-54(52)58-55/h1-37H. The molecule has 0 amide bonds. The first-order chi connectivity index (χ1) is 28.7. The summed E-state index contributed by atoms with van der Waals surface area (Å²) in [6.07, 6.45) is 0. The molecule has 0 atom stereocenters. The molecule has 0 bridgehead atoms. The molecule has 58 heavy (non-hydrogen) atoms. The van der Waals surface area contributed by atoms with Crippen molar-refractivity contribution in [1.29, 1.82) is 0 Å². The van der Waals surface area contributed by atoms with Gasteiger partial charge in [0.25, 0.3) is 0 Å². The Morgan fingerprint density at radius 2 is 0.879 bits per heavy atom. The van der Waals surface area contributed by atoms with E-state index >= 15 is 0 Å². The van der Waals surface area contributed by atoms with E-state index in [9.17, 15) is 0 Å². The predicted molar refractivity (Wildman–Crippen MR) is 245 cm³/mol. The molecule has 0 fully saturated rings. The second-order valence-corrected chi connectivity index (χ2v) is 14.9. The SMILES string of the molecule is c1ccc(-c2ccc(N(c3cccc(-c4ccc5ccccc5c4)c3)c3ccc(-c4ccc5c(ccc6oc7ccccc7c65)c4)c(-c4ccccc4)c3)cc2)cc1. The van der Waals surface area contributed by atoms with Crippen molar-refractivity contribution in [2.75, 3.05) is 4.90 Å². The summed E-state index contributed by atoms with van der Waals surface area (Å²) in [5, 5.41) is 7.17. The van der Waals surface area contributed by atoms with Crippen LogP contribution >= 0.6 is 0 Å². The van der Waals surface area contributed by atoms with Crippen LogP contribution in [0.5, 0.6) is 0 Å². The van der Waals surface area contributed by atoms with Gasteiger partial charge in [0, 0.05) is 27.8 Å². The zero-order valence-corrected chi connectivity index (χ0v) is 31.7. The van der Waals surface area contributed by atoms with Crippen LogP contribution in [0.3, 0.4) is 0 Å². The van der Waals surface area contributed by atoms with Crippen LogP contribution in [-0.2, 0) is 0 Å². The average Bonchev–Trinajstić information content (AvgIpc) is 3.69. The number of rotatable bonds is 7. The first-order valence-corrected chi connectivity index (χ1v) is 19.8. The van der Waals surface area contributed by atoms with E-state index in [1.54, 1.807) is 0 Å². The molecule has 0 N–H and O–H groups in total. The third-order valence-corrected chi connectivity index (χ3v) is 11.4. The Kier molecular flexibility index (Phi) is 8.19. The van der Waals surface area contributed by atoms with Crippen molar-refractivity contribution in [2.45, 2.75) is 0 Å². The quantitative estimate of drug-likeness (QED) is 0.162. The summed E-state index contributed by atoms with van der Waals surface area (Å²) >= 11 is 0. The number of hydrogen-bond donors (Lipinski definition) is 0. The van der Waals surface area contributed by atoms with E-state index in [0.717, 1.165) is 39.0 Å². The van der Waals surface area contributed by atoms with E-state index in [1.165, 1.54) is 66.1 Å². The van der Waals surface area contributed by atoms with Crippen molar-refractivity contribution in [1.82, 2.24) is 0 Å². The lowest BCUT2D eigenvalue weighted by Gasteiger charge is -2.27. The highest BCUT2D eigenvalue weighted by molar-refractivity contribution is 6.19. The maximum atomic E-state index is 6.23. The number of fused-ring (bicyclic) bond motifs is 6. The van der Waals surface area contributed by atoms with E-state index < -0.39 is 0 Å². The van der Waals surface area contributed by atoms with Crippen LogP contribution in [0.4, 0.5) is 17.1 Å². The number of nitrogens with zero attached hydrogens (tertiary/aromatic N) is 1. The smallest absolute Gasteiger partial charge is 0.136 e. The topological polar surface area (TPSA) is 16.4 Å². The third kappa shape index (κ3) is 6.00. The van der Waals surface area contributed by atoms with E-state index in [2.05, 4.69) is 217 Å². The number of hydrogen-bond acceptors (Lipinski definition) is 2. The van der Waals surface area contributed by atoms with Crippen LogP contribution < -0.4 is 4.90 Å². The summed E-state index contributed by atoms with van der Waals surface area (Å²) in [6, 6.07) is 80.9. The van der Waals surface area contributed by atoms with Gasteiger partial charge >= 0.3 is 0 Å². The molecule has 11 aromatic rings. The summed E-state index contributed by atoms with van der Waals surface area (Å²) in [6.45, 7) is 0. The Morgan fingerprint density at radius 3 is 1.72 bits per heavy atom. The van der Waals surface area contributed by atoms with Gasteiger partial charge in [-0.1, -0.05) is 164 Å². The molecule has 0 saturated heterocycles. The van der Waals surface area contributed by atoms with Gasteiger partial charge in [-0.3, -0.25) is 0 Å². The van der Waals surface area contributed by atoms with E-state index in [0.29, 0.717) is 0 Å². The van der Waals surface area contributed by atoms with E-state index in [1.807, 2.05) is 12.1 Å². The number of benzene rings is 10. The molecule has 272 valence electrons. The zero-order valence-electron chi connectivity index (χ0n) is 31.7. The van der Waals surface area contributed by atoms with Gasteiger partial charge in [-0.2, -0.15) is 0 Å². The fourth-order valence-corrected chi connectivity index (χ4v) is 8.57. The minimum Gasteiger partial charge on any atom is -0.456 e. The fourth-order valence-electron chi connectivity index (χ4n) is 8.57. The van der Waals surface area contributed by atoms with Gasteiger partial charge in [0.05, 0.1) is 0 Å². The first kappa shape index (κ1) is 33.6. The molecule has 0 unspecified atom stereocenters. The Balaban J connectivity index is 1.07. The predicted octanol–water partition coefficient (Wildman–Crippen LogP) is 16.0. The molecule has 0 aliphatic heterocycles. The van der Waals surface area contributed by atoms with Gasteiger partial charge in [0.15, 0.2) is 0 Å². The lowest BCUT2D eigenvalue weighted by Crippen LogP contribution is -2.10. The molecule has 0 radical (unpaired) electrons. The average molecular weight is 740 g/mol. The molecule has 11 rings (SSSR count). The van der Waals surface area contributed by atoms with Gasteiger partial charge in [-0.15, -0.1) is 0 Å². The highest BCUT2D eigenvalue weighted by atomic mass is 16.3. The van der Waals surface area contributed by atoms with Gasteiger partial charge in [0.2, 0.25) is 0 Å². The number of anilines is 3. The minimum atomic E-state index is 0.914. The molecule has 0 aliphatic rings. The number of furan rings is 1. The van der Waals surface area contributed by atoms with Crippen LogP contribution in [0.25, 0.3) is 88.0 Å². The molecular weight excluding hydrogens is 703 g/mol. The van der Waals surface area contributed by atoms with Crippen LogP contribution in [0.15, 0.2) is 229 Å². The molecule has 0 saturated carbocycles. The van der Waals surface area contributed by atoms with Crippen molar-refractivity contribution in [2.24, 2.45) is 0 Å². The lowest BCUT2D eigenvalue weighted by atomic mass is 9.91.